The van der Waals surface area contributed by atoms with Gasteiger partial charge in [-0.1, -0.05) is 71.8 Å². The van der Waals surface area contributed by atoms with Gasteiger partial charge in [0, 0.05) is 0 Å². The third kappa shape index (κ3) is 8.45. The van der Waals surface area contributed by atoms with Gasteiger partial charge in [-0.25, -0.2) is 12.1 Å². The Morgan fingerprint density at radius 1 is 0.607 bits per heavy atom. The Morgan fingerprint density at radius 3 is 1.21 bits per heavy atom. The van der Waals surface area contributed by atoms with Crippen LogP contribution in [0.25, 0.3) is 22.3 Å². The second-order valence-corrected chi connectivity index (χ2v) is 29.3. The standard InChI is InChI=1S/2C11H9.C2H6Si.2ClH.Zr/c2*1-2-6-10(7-3-1)11-8-4-5-9-11;1-3-2;;;/h2*1-9H;1-2H3;2*1H;/q2*-1;;;;+2/p-2. The molecular weight excluding hydrogens is 478 g/mol. The Bertz CT molecular complexity index is 841. The summed E-state index contributed by atoms with van der Waals surface area (Å²) in [5.41, 5.74) is 4.95. The largest absolute Gasteiger partial charge is 0.206 e. The van der Waals surface area contributed by atoms with Crippen LogP contribution in [0.1, 0.15) is 0 Å². The molecule has 144 valence electrons. The number of hydrogen-bond donors (Lipinski definition) is 0. The molecule has 0 bridgehead atoms. The molecule has 0 saturated heterocycles. The van der Waals surface area contributed by atoms with E-state index >= 15 is 0 Å². The van der Waals surface area contributed by atoms with Gasteiger partial charge in [-0.3, -0.25) is 0 Å². The first kappa shape index (κ1) is 23.1. The smallest absolute Gasteiger partial charge is 0.0623 e. The van der Waals surface area contributed by atoms with Crippen LogP contribution >= 0.6 is 17.0 Å². The Morgan fingerprint density at radius 2 is 0.964 bits per heavy atom. The van der Waals surface area contributed by atoms with Crippen molar-refractivity contribution in [3.63, 3.8) is 0 Å². The molecule has 4 heteroatoms. The van der Waals surface area contributed by atoms with Gasteiger partial charge in [0.15, 0.2) is 0 Å². The molecule has 4 rings (SSSR count). The molecule has 0 aliphatic rings. The summed E-state index contributed by atoms with van der Waals surface area (Å²) in [5.74, 6) is 0. The first-order chi connectivity index (χ1) is 13.6. The van der Waals surface area contributed by atoms with Crippen molar-refractivity contribution in [3.8, 4) is 22.3 Å². The Kier molecular flexibility index (Phi) is 10.8. The summed E-state index contributed by atoms with van der Waals surface area (Å²) >= 11 is -1.65. The summed E-state index contributed by atoms with van der Waals surface area (Å²) < 4.78 is 0. The summed E-state index contributed by atoms with van der Waals surface area (Å²) in [7, 11) is 11.2. The predicted molar refractivity (Wildman–Crippen MR) is 124 cm³/mol. The first-order valence-corrected chi connectivity index (χ1v) is 21.6. The van der Waals surface area contributed by atoms with E-state index in [2.05, 4.69) is 110 Å². The Balaban J connectivity index is 0.000000158. The molecule has 0 radical (unpaired) electrons. The van der Waals surface area contributed by atoms with Crippen LogP contribution in [0.5, 0.6) is 0 Å². The van der Waals surface area contributed by atoms with Gasteiger partial charge in [0.05, 0.1) is 0 Å². The molecule has 0 aromatic heterocycles. The molecule has 0 amide bonds. The summed E-state index contributed by atoms with van der Waals surface area (Å²) in [5, 5.41) is 0. The summed E-state index contributed by atoms with van der Waals surface area (Å²) in [6.45, 7) is 4.33. The maximum atomic E-state index is 5.62. The second-order valence-electron chi connectivity index (χ2n) is 6.34. The molecule has 0 N–H and O–H groups in total. The number of rotatable bonds is 2. The van der Waals surface area contributed by atoms with Crippen LogP contribution in [0.15, 0.2) is 109 Å². The van der Waals surface area contributed by atoms with Gasteiger partial charge >= 0.3 is 53.5 Å². The molecule has 4 aromatic carbocycles. The van der Waals surface area contributed by atoms with Crippen LogP contribution < -0.4 is 0 Å². The maximum absolute atomic E-state index is 5.62. The zero-order valence-electron chi connectivity index (χ0n) is 16.1. The predicted octanol–water partition coefficient (Wildman–Crippen LogP) is 8.31. The fourth-order valence-electron chi connectivity index (χ4n) is 2.39. The van der Waals surface area contributed by atoms with Crippen LogP contribution in [-0.2, 0) is 18.0 Å². The fourth-order valence-corrected chi connectivity index (χ4v) is 2.39. The van der Waals surface area contributed by atoms with Gasteiger partial charge in [-0.2, -0.15) is 47.5 Å². The van der Waals surface area contributed by atoms with Crippen molar-refractivity contribution in [2.24, 2.45) is 0 Å². The van der Waals surface area contributed by atoms with E-state index in [9.17, 15) is 0 Å². The quantitative estimate of drug-likeness (QED) is 0.191. The minimum atomic E-state index is -1.65. The maximum Gasteiger partial charge on any atom is -0.0623 e. The molecule has 0 fully saturated rings. The summed E-state index contributed by atoms with van der Waals surface area (Å²) in [6.07, 6.45) is 0. The van der Waals surface area contributed by atoms with Crippen molar-refractivity contribution < 1.29 is 18.0 Å². The molecule has 0 unspecified atom stereocenters. The van der Waals surface area contributed by atoms with Gasteiger partial charge in [-0.15, -0.1) is 0 Å². The molecular formula is C24H24Cl2SiZr-2. The number of hydrogen-bond acceptors (Lipinski definition) is 0. The minimum Gasteiger partial charge on any atom is -0.206 e. The van der Waals surface area contributed by atoms with Gasteiger partial charge in [-0.05, 0) is 0 Å². The van der Waals surface area contributed by atoms with Crippen LogP contribution in [0.2, 0.25) is 13.1 Å². The van der Waals surface area contributed by atoms with E-state index in [0.29, 0.717) is 0 Å². The van der Waals surface area contributed by atoms with Crippen LogP contribution in [0.4, 0.5) is 0 Å². The van der Waals surface area contributed by atoms with E-state index in [4.69, 9.17) is 17.0 Å². The fraction of sp³-hybridized carbons (Fsp3) is 0.0833. The van der Waals surface area contributed by atoms with E-state index in [0.717, 1.165) is 0 Å². The second kappa shape index (κ2) is 13.1. The third-order valence-electron chi connectivity index (χ3n) is 3.92. The average Bonchev–Trinajstić information content (AvgIpc) is 3.45. The van der Waals surface area contributed by atoms with Crippen molar-refractivity contribution in [2.75, 3.05) is 0 Å². The van der Waals surface area contributed by atoms with Gasteiger partial charge in [0.2, 0.25) is 0 Å². The van der Waals surface area contributed by atoms with E-state index < -0.39 is 18.0 Å². The SMILES string of the molecule is C[Si](C)=[Zr]([Cl])[Cl].c1ccc(-c2cc[cH-]c2)cc1.c1ccc(-c2cc[cH-]c2)cc1. The summed E-state index contributed by atoms with van der Waals surface area (Å²) in [4.78, 5) is 0. The molecule has 4 aromatic rings. The number of benzene rings is 2. The van der Waals surface area contributed by atoms with Crippen molar-refractivity contribution >= 4 is 22.5 Å². The minimum absolute atomic E-state index is 0.224. The molecule has 0 heterocycles. The normalized spacial score (nSPS) is 9.43. The van der Waals surface area contributed by atoms with Gasteiger partial charge < -0.3 is 0 Å². The van der Waals surface area contributed by atoms with Crippen molar-refractivity contribution in [1.29, 1.82) is 0 Å². The average molecular weight is 503 g/mol. The van der Waals surface area contributed by atoms with Crippen molar-refractivity contribution in [1.82, 2.24) is 0 Å². The summed E-state index contributed by atoms with van der Waals surface area (Å²) in [6, 6.07) is 37.5. The molecule has 0 nitrogen and oxygen atoms in total. The van der Waals surface area contributed by atoms with E-state index in [-0.39, 0.29) is 5.43 Å². The molecule has 0 atom stereocenters. The molecule has 0 saturated carbocycles. The van der Waals surface area contributed by atoms with Gasteiger partial charge in [0.25, 0.3) is 0 Å². The third-order valence-corrected chi connectivity index (χ3v) is 23.7. The van der Waals surface area contributed by atoms with Crippen LogP contribution in [0.3, 0.4) is 0 Å². The van der Waals surface area contributed by atoms with Gasteiger partial charge in [0.1, 0.15) is 0 Å². The Labute approximate surface area is 183 Å². The van der Waals surface area contributed by atoms with E-state index in [1.165, 1.54) is 22.3 Å². The van der Waals surface area contributed by atoms with Crippen molar-refractivity contribution in [3.05, 3.63) is 109 Å². The zero-order chi connectivity index (χ0) is 20.2. The first-order valence-electron chi connectivity index (χ1n) is 9.10. The molecule has 0 spiro atoms. The van der Waals surface area contributed by atoms with E-state index in [1.54, 1.807) is 0 Å². The van der Waals surface area contributed by atoms with Crippen LogP contribution in [-0.4, -0.2) is 5.43 Å². The van der Waals surface area contributed by atoms with E-state index in [1.807, 2.05) is 12.1 Å². The zero-order valence-corrected chi connectivity index (χ0v) is 21.1. The van der Waals surface area contributed by atoms with Crippen LogP contribution in [0, 0.1) is 0 Å². The number of halogens is 2. The monoisotopic (exact) mass is 500 g/mol. The molecule has 28 heavy (non-hydrogen) atoms. The molecule has 0 aliphatic carbocycles. The van der Waals surface area contributed by atoms with Crippen molar-refractivity contribution in [2.45, 2.75) is 13.1 Å². The topological polar surface area (TPSA) is 0 Å². The Hall–Kier alpha value is -1.18. The molecule has 0 aliphatic heterocycles.